The van der Waals surface area contributed by atoms with Crippen LogP contribution in [0.1, 0.15) is 26.7 Å². The number of hydrogen-bond donors (Lipinski definition) is 2. The molecule has 0 aromatic heterocycles. The van der Waals surface area contributed by atoms with Crippen LogP contribution >= 0.6 is 0 Å². The second-order valence-electron chi connectivity index (χ2n) is 5.37. The molecule has 0 aliphatic carbocycles. The number of nitrogens with two attached hydrogens (primary N) is 1. The summed E-state index contributed by atoms with van der Waals surface area (Å²) < 4.78 is 0. The normalized spacial score (nSPS) is 27.4. The molecule has 1 saturated heterocycles. The summed E-state index contributed by atoms with van der Waals surface area (Å²) in [5.41, 5.74) is 4.68. The number of hydrogen-bond acceptors (Lipinski definition) is 4. The van der Waals surface area contributed by atoms with Gasteiger partial charge in [-0.2, -0.15) is 0 Å². The molecule has 1 rings (SSSR count). The van der Waals surface area contributed by atoms with E-state index in [0.29, 0.717) is 12.6 Å². The molecule has 5 nitrogen and oxygen atoms in total. The fourth-order valence-corrected chi connectivity index (χ4v) is 2.38. The number of rotatable bonds is 4. The summed E-state index contributed by atoms with van der Waals surface area (Å²) >= 11 is 0. The van der Waals surface area contributed by atoms with Gasteiger partial charge in [-0.1, -0.05) is 6.92 Å². The van der Waals surface area contributed by atoms with E-state index in [9.17, 15) is 4.79 Å². The Bertz CT molecular complexity index is 268. The summed E-state index contributed by atoms with van der Waals surface area (Å²) in [5, 5.41) is 9.09. The van der Waals surface area contributed by atoms with E-state index in [4.69, 9.17) is 10.8 Å². The average Bonchev–Trinajstić information content (AvgIpc) is 2.39. The monoisotopic (exact) mass is 243 g/mol. The van der Waals surface area contributed by atoms with Crippen LogP contribution in [0.3, 0.4) is 0 Å². The Kier molecular flexibility index (Phi) is 4.91. The first-order valence-corrected chi connectivity index (χ1v) is 6.31. The Hall–Kier alpha value is -0.650. The van der Waals surface area contributed by atoms with Gasteiger partial charge in [-0.05, 0) is 39.9 Å². The molecule has 0 aromatic carbocycles. The summed E-state index contributed by atoms with van der Waals surface area (Å²) in [6.45, 7) is 7.16. The molecule has 2 atom stereocenters. The predicted molar refractivity (Wildman–Crippen MR) is 68.0 cm³/mol. The minimum Gasteiger partial charge on any atom is -0.480 e. The topological polar surface area (TPSA) is 69.8 Å². The van der Waals surface area contributed by atoms with Crippen molar-refractivity contribution in [2.45, 2.75) is 38.3 Å². The SMILES string of the molecule is CCC1CN(C)CCCN1CC(C)(N)C(=O)O. The molecule has 2 unspecified atom stereocenters. The highest BCUT2D eigenvalue weighted by Gasteiger charge is 2.33. The first-order valence-electron chi connectivity index (χ1n) is 6.31. The molecule has 0 radical (unpaired) electrons. The second kappa shape index (κ2) is 5.80. The van der Waals surface area contributed by atoms with Crippen LogP contribution in [-0.4, -0.2) is 65.7 Å². The van der Waals surface area contributed by atoms with Crippen LogP contribution in [-0.2, 0) is 4.79 Å². The number of nitrogens with zero attached hydrogens (tertiary/aromatic N) is 2. The Balaban J connectivity index is 2.69. The third-order valence-corrected chi connectivity index (χ3v) is 3.52. The molecule has 17 heavy (non-hydrogen) atoms. The quantitative estimate of drug-likeness (QED) is 0.738. The highest BCUT2D eigenvalue weighted by Crippen LogP contribution is 2.15. The van der Waals surface area contributed by atoms with Gasteiger partial charge in [0.1, 0.15) is 5.54 Å². The molecule has 0 saturated carbocycles. The van der Waals surface area contributed by atoms with Gasteiger partial charge in [0.15, 0.2) is 0 Å². The zero-order valence-electron chi connectivity index (χ0n) is 11.1. The van der Waals surface area contributed by atoms with Gasteiger partial charge in [-0.15, -0.1) is 0 Å². The zero-order valence-corrected chi connectivity index (χ0v) is 11.1. The molecule has 3 N–H and O–H groups in total. The van der Waals surface area contributed by atoms with Crippen molar-refractivity contribution >= 4 is 5.97 Å². The summed E-state index contributed by atoms with van der Waals surface area (Å²) in [4.78, 5) is 15.6. The summed E-state index contributed by atoms with van der Waals surface area (Å²) in [5.74, 6) is -0.926. The summed E-state index contributed by atoms with van der Waals surface area (Å²) in [7, 11) is 2.12. The number of likely N-dealkylation sites (N-methyl/N-ethyl adjacent to an activating group) is 1. The van der Waals surface area contributed by atoms with Gasteiger partial charge in [0.2, 0.25) is 0 Å². The third-order valence-electron chi connectivity index (χ3n) is 3.52. The van der Waals surface area contributed by atoms with Gasteiger partial charge in [-0.3, -0.25) is 9.69 Å². The molecule has 0 aromatic rings. The van der Waals surface area contributed by atoms with Crippen molar-refractivity contribution in [2.24, 2.45) is 5.73 Å². The first kappa shape index (κ1) is 14.4. The molecule has 0 spiro atoms. The lowest BCUT2D eigenvalue weighted by Crippen LogP contribution is -2.56. The lowest BCUT2D eigenvalue weighted by atomic mass is 10.0. The number of aliphatic carboxylic acids is 1. The van der Waals surface area contributed by atoms with E-state index in [1.807, 2.05) is 0 Å². The highest BCUT2D eigenvalue weighted by atomic mass is 16.4. The predicted octanol–water partition coefficient (Wildman–Crippen LogP) is 0.205. The van der Waals surface area contributed by atoms with E-state index in [1.165, 1.54) is 0 Å². The summed E-state index contributed by atoms with van der Waals surface area (Å²) in [6.07, 6.45) is 2.10. The summed E-state index contributed by atoms with van der Waals surface area (Å²) in [6, 6.07) is 0.407. The molecular formula is C12H25N3O2. The second-order valence-corrected chi connectivity index (χ2v) is 5.37. The van der Waals surface area contributed by atoms with Crippen molar-refractivity contribution in [1.82, 2.24) is 9.80 Å². The van der Waals surface area contributed by atoms with Crippen LogP contribution in [0.25, 0.3) is 0 Å². The van der Waals surface area contributed by atoms with Gasteiger partial charge in [0.25, 0.3) is 0 Å². The maximum atomic E-state index is 11.1. The van der Waals surface area contributed by atoms with Crippen LogP contribution in [0.15, 0.2) is 0 Å². The molecule has 100 valence electrons. The number of carboxylic acid groups (broad SMARTS) is 1. The Morgan fingerprint density at radius 3 is 2.71 bits per heavy atom. The largest absolute Gasteiger partial charge is 0.480 e. The lowest BCUT2D eigenvalue weighted by Gasteiger charge is -2.34. The Morgan fingerprint density at radius 2 is 2.18 bits per heavy atom. The maximum Gasteiger partial charge on any atom is 0.324 e. The van der Waals surface area contributed by atoms with Crippen molar-refractivity contribution in [3.8, 4) is 0 Å². The van der Waals surface area contributed by atoms with Crippen molar-refractivity contribution in [2.75, 3.05) is 33.2 Å². The van der Waals surface area contributed by atoms with Gasteiger partial charge in [-0.25, -0.2) is 0 Å². The van der Waals surface area contributed by atoms with E-state index >= 15 is 0 Å². The van der Waals surface area contributed by atoms with Gasteiger partial charge in [0.05, 0.1) is 0 Å². The highest BCUT2D eigenvalue weighted by molar-refractivity contribution is 5.78. The van der Waals surface area contributed by atoms with Crippen molar-refractivity contribution in [3.05, 3.63) is 0 Å². The smallest absolute Gasteiger partial charge is 0.324 e. The number of carbonyl (C=O) groups is 1. The van der Waals surface area contributed by atoms with Crippen molar-refractivity contribution in [3.63, 3.8) is 0 Å². The van der Waals surface area contributed by atoms with E-state index < -0.39 is 11.5 Å². The van der Waals surface area contributed by atoms with Crippen LogP contribution in [0.2, 0.25) is 0 Å². The van der Waals surface area contributed by atoms with E-state index in [0.717, 1.165) is 32.5 Å². The van der Waals surface area contributed by atoms with E-state index in [-0.39, 0.29) is 0 Å². The van der Waals surface area contributed by atoms with Crippen molar-refractivity contribution in [1.29, 1.82) is 0 Å². The fraction of sp³-hybridized carbons (Fsp3) is 0.917. The number of carboxylic acids is 1. The van der Waals surface area contributed by atoms with Crippen LogP contribution in [0.4, 0.5) is 0 Å². The van der Waals surface area contributed by atoms with E-state index in [1.54, 1.807) is 6.92 Å². The van der Waals surface area contributed by atoms with Crippen LogP contribution in [0, 0.1) is 0 Å². The molecule has 0 amide bonds. The van der Waals surface area contributed by atoms with Gasteiger partial charge in [0, 0.05) is 19.1 Å². The molecule has 1 aliphatic rings. The Morgan fingerprint density at radius 1 is 1.53 bits per heavy atom. The standard InChI is InChI=1S/C12H25N3O2/c1-4-10-8-14(3)6-5-7-15(10)9-12(2,13)11(16)17/h10H,4-9,13H2,1-3H3,(H,16,17). The lowest BCUT2D eigenvalue weighted by molar-refractivity contribution is -0.143. The van der Waals surface area contributed by atoms with E-state index in [2.05, 4.69) is 23.8 Å². The third kappa shape index (κ3) is 3.94. The Labute approximate surface area is 104 Å². The molecule has 5 heteroatoms. The first-order chi connectivity index (χ1) is 7.86. The van der Waals surface area contributed by atoms with Crippen LogP contribution < -0.4 is 5.73 Å². The molecular weight excluding hydrogens is 218 g/mol. The molecule has 1 fully saturated rings. The molecule has 0 bridgehead atoms. The minimum atomic E-state index is -1.16. The van der Waals surface area contributed by atoms with Gasteiger partial charge < -0.3 is 15.7 Å². The average molecular weight is 243 g/mol. The zero-order chi connectivity index (χ0) is 13.1. The minimum absolute atomic E-state index is 0.407. The fourth-order valence-electron chi connectivity index (χ4n) is 2.38. The molecule has 1 heterocycles. The van der Waals surface area contributed by atoms with Gasteiger partial charge >= 0.3 is 5.97 Å². The van der Waals surface area contributed by atoms with Crippen molar-refractivity contribution < 1.29 is 9.90 Å². The maximum absolute atomic E-state index is 11.1. The molecule has 1 aliphatic heterocycles. The van der Waals surface area contributed by atoms with Crippen LogP contribution in [0.5, 0.6) is 0 Å².